The fourth-order valence-electron chi connectivity index (χ4n) is 2.08. The molecule has 1 aliphatic rings. The van der Waals surface area contributed by atoms with Gasteiger partial charge < -0.3 is 10.1 Å². The summed E-state index contributed by atoms with van der Waals surface area (Å²) in [5.41, 5.74) is 1.17. The first kappa shape index (κ1) is 14.7. The van der Waals surface area contributed by atoms with Crippen molar-refractivity contribution >= 4 is 11.6 Å². The van der Waals surface area contributed by atoms with Gasteiger partial charge in [0.05, 0.1) is 11.6 Å². The minimum Gasteiger partial charge on any atom is -0.492 e. The maximum absolute atomic E-state index is 6.11. The van der Waals surface area contributed by atoms with Crippen molar-refractivity contribution in [2.24, 2.45) is 0 Å². The summed E-state index contributed by atoms with van der Waals surface area (Å²) >= 11 is 6.11. The predicted octanol–water partition coefficient (Wildman–Crippen LogP) is 4.34. The third-order valence-corrected chi connectivity index (χ3v) is 3.72. The fraction of sp³-hybridized carbons (Fsp3) is 0.625. The summed E-state index contributed by atoms with van der Waals surface area (Å²) in [6.07, 6.45) is 7.66. The molecule has 2 rings (SSSR count). The van der Waals surface area contributed by atoms with Gasteiger partial charge >= 0.3 is 0 Å². The molecule has 0 radical (unpaired) electrons. The first-order valence-electron chi connectivity index (χ1n) is 7.38. The molecule has 19 heavy (non-hydrogen) atoms. The van der Waals surface area contributed by atoms with E-state index < -0.39 is 0 Å². The maximum Gasteiger partial charge on any atom is 0.137 e. The number of hydrogen-bond donors (Lipinski definition) is 1. The third kappa shape index (κ3) is 5.84. The lowest BCUT2D eigenvalue weighted by atomic mass is 10.2. The van der Waals surface area contributed by atoms with Crippen LogP contribution in [0.15, 0.2) is 18.2 Å². The van der Waals surface area contributed by atoms with E-state index in [0.717, 1.165) is 24.8 Å². The predicted molar refractivity (Wildman–Crippen MR) is 81.2 cm³/mol. The standard InChI is InChI=1S/C16H24ClNO/c1-13-6-9-16(15(17)12-13)19-11-5-3-2-4-10-18-14-7-8-14/h6,9,12,14,18H,2-5,7-8,10-11H2,1H3. The van der Waals surface area contributed by atoms with Gasteiger partial charge in [-0.25, -0.2) is 0 Å². The zero-order valence-electron chi connectivity index (χ0n) is 11.8. The summed E-state index contributed by atoms with van der Waals surface area (Å²) < 4.78 is 5.70. The molecular formula is C16H24ClNO. The zero-order valence-corrected chi connectivity index (χ0v) is 12.5. The van der Waals surface area contributed by atoms with Gasteiger partial charge in [-0.3, -0.25) is 0 Å². The second-order valence-electron chi connectivity index (χ2n) is 5.42. The van der Waals surface area contributed by atoms with Gasteiger partial charge in [0.25, 0.3) is 0 Å². The molecule has 0 aliphatic heterocycles. The number of hydrogen-bond acceptors (Lipinski definition) is 2. The van der Waals surface area contributed by atoms with E-state index in [0.29, 0.717) is 5.02 Å². The maximum atomic E-state index is 6.11. The monoisotopic (exact) mass is 281 g/mol. The van der Waals surface area contributed by atoms with E-state index in [2.05, 4.69) is 5.32 Å². The van der Waals surface area contributed by atoms with Crippen LogP contribution in [0.3, 0.4) is 0 Å². The second-order valence-corrected chi connectivity index (χ2v) is 5.83. The molecule has 1 fully saturated rings. The van der Waals surface area contributed by atoms with Crippen LogP contribution < -0.4 is 10.1 Å². The van der Waals surface area contributed by atoms with Crippen molar-refractivity contribution in [1.29, 1.82) is 0 Å². The van der Waals surface area contributed by atoms with Crippen LogP contribution >= 0.6 is 11.6 Å². The molecule has 1 N–H and O–H groups in total. The first-order valence-corrected chi connectivity index (χ1v) is 7.76. The molecule has 0 amide bonds. The molecular weight excluding hydrogens is 258 g/mol. The number of halogens is 1. The van der Waals surface area contributed by atoms with Crippen molar-refractivity contribution in [2.45, 2.75) is 51.5 Å². The average Bonchev–Trinajstić information content (AvgIpc) is 3.19. The lowest BCUT2D eigenvalue weighted by Crippen LogP contribution is -2.17. The summed E-state index contributed by atoms with van der Waals surface area (Å²) in [5, 5.41) is 4.25. The molecule has 0 aromatic heterocycles. The van der Waals surface area contributed by atoms with Gasteiger partial charge in [0.15, 0.2) is 0 Å². The molecule has 1 aromatic rings. The molecule has 0 unspecified atom stereocenters. The van der Waals surface area contributed by atoms with E-state index in [-0.39, 0.29) is 0 Å². The number of unbranched alkanes of at least 4 members (excludes halogenated alkanes) is 3. The Kier molecular flexibility index (Phi) is 5.99. The van der Waals surface area contributed by atoms with E-state index in [1.54, 1.807) is 0 Å². The van der Waals surface area contributed by atoms with Crippen LogP contribution in [0.25, 0.3) is 0 Å². The van der Waals surface area contributed by atoms with E-state index in [4.69, 9.17) is 16.3 Å². The normalized spacial score (nSPS) is 14.6. The van der Waals surface area contributed by atoms with Gasteiger partial charge in [-0.2, -0.15) is 0 Å². The molecule has 1 aliphatic carbocycles. The molecule has 0 spiro atoms. The van der Waals surface area contributed by atoms with E-state index >= 15 is 0 Å². The molecule has 3 heteroatoms. The Morgan fingerprint density at radius 1 is 1.21 bits per heavy atom. The van der Waals surface area contributed by atoms with Gasteiger partial charge in [-0.05, 0) is 56.8 Å². The Morgan fingerprint density at radius 2 is 2.00 bits per heavy atom. The number of rotatable bonds is 9. The summed E-state index contributed by atoms with van der Waals surface area (Å²) in [6.45, 7) is 3.97. The van der Waals surface area contributed by atoms with Crippen LogP contribution in [0, 0.1) is 6.92 Å². The summed E-state index contributed by atoms with van der Waals surface area (Å²) in [4.78, 5) is 0. The van der Waals surface area contributed by atoms with Crippen LogP contribution in [0.4, 0.5) is 0 Å². The van der Waals surface area contributed by atoms with Crippen LogP contribution in [0.1, 0.15) is 44.1 Å². The fourth-order valence-corrected chi connectivity index (χ4v) is 2.37. The van der Waals surface area contributed by atoms with Gasteiger partial charge in [-0.1, -0.05) is 30.5 Å². The van der Waals surface area contributed by atoms with Crippen LogP contribution in [-0.4, -0.2) is 19.2 Å². The van der Waals surface area contributed by atoms with E-state index in [1.165, 1.54) is 44.2 Å². The molecule has 0 atom stereocenters. The first-order chi connectivity index (χ1) is 9.25. The highest BCUT2D eigenvalue weighted by atomic mass is 35.5. The molecule has 0 bridgehead atoms. The van der Waals surface area contributed by atoms with Crippen molar-refractivity contribution in [2.75, 3.05) is 13.2 Å². The largest absolute Gasteiger partial charge is 0.492 e. The van der Waals surface area contributed by atoms with Crippen molar-refractivity contribution in [3.8, 4) is 5.75 Å². The Balaban J connectivity index is 1.48. The van der Waals surface area contributed by atoms with Crippen molar-refractivity contribution < 1.29 is 4.74 Å². The zero-order chi connectivity index (χ0) is 13.5. The van der Waals surface area contributed by atoms with E-state index in [1.807, 2.05) is 25.1 Å². The van der Waals surface area contributed by atoms with Crippen LogP contribution in [-0.2, 0) is 0 Å². The molecule has 1 aromatic carbocycles. The van der Waals surface area contributed by atoms with Crippen LogP contribution in [0.2, 0.25) is 5.02 Å². The number of benzene rings is 1. The highest BCUT2D eigenvalue weighted by Crippen LogP contribution is 2.25. The molecule has 106 valence electrons. The molecule has 2 nitrogen and oxygen atoms in total. The van der Waals surface area contributed by atoms with Gasteiger partial charge in [0.2, 0.25) is 0 Å². The smallest absolute Gasteiger partial charge is 0.137 e. The number of aryl methyl sites for hydroxylation is 1. The highest BCUT2D eigenvalue weighted by Gasteiger charge is 2.19. The minimum absolute atomic E-state index is 0.716. The summed E-state index contributed by atoms with van der Waals surface area (Å²) in [6, 6.07) is 6.77. The lowest BCUT2D eigenvalue weighted by Gasteiger charge is -2.08. The quantitative estimate of drug-likeness (QED) is 0.680. The minimum atomic E-state index is 0.716. The van der Waals surface area contributed by atoms with Crippen molar-refractivity contribution in [1.82, 2.24) is 5.32 Å². The number of ether oxygens (including phenoxy) is 1. The molecule has 0 saturated heterocycles. The second kappa shape index (κ2) is 7.76. The highest BCUT2D eigenvalue weighted by molar-refractivity contribution is 6.32. The number of nitrogens with one attached hydrogen (secondary N) is 1. The van der Waals surface area contributed by atoms with Gasteiger partial charge in [0.1, 0.15) is 5.75 Å². The average molecular weight is 282 g/mol. The van der Waals surface area contributed by atoms with Gasteiger partial charge in [0, 0.05) is 6.04 Å². The molecule has 0 heterocycles. The van der Waals surface area contributed by atoms with E-state index in [9.17, 15) is 0 Å². The third-order valence-electron chi connectivity index (χ3n) is 3.43. The van der Waals surface area contributed by atoms with Crippen molar-refractivity contribution in [3.63, 3.8) is 0 Å². The lowest BCUT2D eigenvalue weighted by molar-refractivity contribution is 0.304. The Hall–Kier alpha value is -0.730. The Labute approximate surface area is 121 Å². The molecule has 1 saturated carbocycles. The SMILES string of the molecule is Cc1ccc(OCCCCCCNC2CC2)c(Cl)c1. The Bertz CT molecular complexity index is 390. The van der Waals surface area contributed by atoms with Crippen molar-refractivity contribution in [3.05, 3.63) is 28.8 Å². The van der Waals surface area contributed by atoms with Gasteiger partial charge in [-0.15, -0.1) is 0 Å². The van der Waals surface area contributed by atoms with Crippen LogP contribution in [0.5, 0.6) is 5.75 Å². The Morgan fingerprint density at radius 3 is 2.74 bits per heavy atom. The topological polar surface area (TPSA) is 21.3 Å². The summed E-state index contributed by atoms with van der Waals surface area (Å²) in [5.74, 6) is 0.808. The summed E-state index contributed by atoms with van der Waals surface area (Å²) in [7, 11) is 0.